The monoisotopic (exact) mass is 237 g/mol. The van der Waals surface area contributed by atoms with Crippen LogP contribution in [0.4, 0.5) is 0 Å². The molecular formula is C14H23NO2. The molecule has 1 rings (SSSR count). The molecule has 1 fully saturated rings. The smallest absolute Gasteiger partial charge is 0.333 e. The Morgan fingerprint density at radius 2 is 2.18 bits per heavy atom. The number of nitrogens with zero attached hydrogens (tertiary/aromatic N) is 1. The van der Waals surface area contributed by atoms with Gasteiger partial charge in [0, 0.05) is 24.9 Å². The number of piperidine rings is 1. The second kappa shape index (κ2) is 5.89. The molecule has 0 aromatic rings. The Labute approximate surface area is 104 Å². The van der Waals surface area contributed by atoms with Crippen molar-refractivity contribution in [3.8, 4) is 0 Å². The highest BCUT2D eigenvalue weighted by atomic mass is 16.6. The lowest BCUT2D eigenvalue weighted by Crippen LogP contribution is -2.30. The molecule has 0 unspecified atom stereocenters. The highest BCUT2D eigenvalue weighted by Crippen LogP contribution is 2.20. The first-order valence-electron chi connectivity index (χ1n) is 6.22. The molecule has 17 heavy (non-hydrogen) atoms. The van der Waals surface area contributed by atoms with E-state index in [1.54, 1.807) is 6.08 Å². The molecule has 0 N–H and O–H groups in total. The van der Waals surface area contributed by atoms with Gasteiger partial charge in [0.15, 0.2) is 0 Å². The van der Waals surface area contributed by atoms with E-state index in [2.05, 4.69) is 11.5 Å². The van der Waals surface area contributed by atoms with Crippen molar-refractivity contribution < 1.29 is 9.53 Å². The minimum absolute atomic E-state index is 0.247. The van der Waals surface area contributed by atoms with Crippen molar-refractivity contribution in [2.75, 3.05) is 13.1 Å². The largest absolute Gasteiger partial charge is 0.457 e. The third-order valence-electron chi connectivity index (χ3n) is 2.56. The average Bonchev–Trinajstić information content (AvgIpc) is 2.18. The lowest BCUT2D eigenvalue weighted by Gasteiger charge is -2.30. The predicted molar refractivity (Wildman–Crippen MR) is 69.5 cm³/mol. The number of carbonyl (C=O) groups excluding carboxylic acids is 1. The Hall–Kier alpha value is -1.25. The van der Waals surface area contributed by atoms with Crippen LogP contribution in [0, 0.1) is 0 Å². The first kappa shape index (κ1) is 13.8. The van der Waals surface area contributed by atoms with Gasteiger partial charge in [-0.15, -0.1) is 6.58 Å². The Bertz CT molecular complexity index is 313. The summed E-state index contributed by atoms with van der Waals surface area (Å²) in [5, 5.41) is 0. The maximum Gasteiger partial charge on any atom is 0.333 e. The lowest BCUT2D eigenvalue weighted by atomic mass is 10.1. The van der Waals surface area contributed by atoms with E-state index >= 15 is 0 Å². The zero-order chi connectivity index (χ0) is 12.9. The number of hydrogen-bond acceptors (Lipinski definition) is 3. The first-order chi connectivity index (χ1) is 7.92. The number of ether oxygens (including phenoxy) is 1. The summed E-state index contributed by atoms with van der Waals surface area (Å²) in [4.78, 5) is 13.9. The van der Waals surface area contributed by atoms with Gasteiger partial charge >= 0.3 is 5.97 Å². The quantitative estimate of drug-likeness (QED) is 0.429. The van der Waals surface area contributed by atoms with E-state index in [0.29, 0.717) is 0 Å². The molecule has 0 bridgehead atoms. The average molecular weight is 237 g/mol. The fourth-order valence-corrected chi connectivity index (χ4v) is 1.91. The Balaban J connectivity index is 2.66. The van der Waals surface area contributed by atoms with Gasteiger partial charge in [0.05, 0.1) is 0 Å². The standard InChI is InChI=1S/C14H23NO2/c1-5-9-15-10-7-6-8-12(15)11-13(16)17-14(2,3)4/h5,11H,1,6-10H2,2-4H3/b12-11+. The Kier molecular flexibility index (Phi) is 4.79. The number of likely N-dealkylation sites (tertiary alicyclic amines) is 1. The van der Waals surface area contributed by atoms with Crippen LogP contribution in [0.1, 0.15) is 40.0 Å². The second-order valence-electron chi connectivity index (χ2n) is 5.36. The summed E-state index contributed by atoms with van der Waals surface area (Å²) in [5.74, 6) is -0.247. The molecule has 1 aliphatic rings. The second-order valence-corrected chi connectivity index (χ2v) is 5.36. The van der Waals surface area contributed by atoms with Crippen molar-refractivity contribution >= 4 is 5.97 Å². The highest BCUT2D eigenvalue weighted by molar-refractivity contribution is 5.83. The molecule has 0 radical (unpaired) electrons. The normalized spacial score (nSPS) is 19.2. The third-order valence-corrected chi connectivity index (χ3v) is 2.56. The van der Waals surface area contributed by atoms with Gasteiger partial charge in [-0.1, -0.05) is 6.08 Å². The molecule has 1 saturated heterocycles. The van der Waals surface area contributed by atoms with Crippen LogP contribution in [-0.4, -0.2) is 29.6 Å². The van der Waals surface area contributed by atoms with Crippen molar-refractivity contribution in [2.45, 2.75) is 45.6 Å². The van der Waals surface area contributed by atoms with Crippen molar-refractivity contribution in [2.24, 2.45) is 0 Å². The van der Waals surface area contributed by atoms with Gasteiger partial charge in [0.25, 0.3) is 0 Å². The minimum atomic E-state index is -0.425. The van der Waals surface area contributed by atoms with Crippen LogP contribution < -0.4 is 0 Å². The summed E-state index contributed by atoms with van der Waals surface area (Å²) in [6.07, 6.45) is 6.77. The summed E-state index contributed by atoms with van der Waals surface area (Å²) >= 11 is 0. The number of allylic oxidation sites excluding steroid dienone is 1. The number of hydrogen-bond donors (Lipinski definition) is 0. The maximum absolute atomic E-state index is 11.7. The van der Waals surface area contributed by atoms with E-state index in [1.807, 2.05) is 26.8 Å². The number of rotatable bonds is 3. The summed E-state index contributed by atoms with van der Waals surface area (Å²) in [7, 11) is 0. The molecule has 96 valence electrons. The van der Waals surface area contributed by atoms with Gasteiger partial charge in [-0.2, -0.15) is 0 Å². The molecular weight excluding hydrogens is 214 g/mol. The maximum atomic E-state index is 11.7. The predicted octanol–water partition coefficient (Wildman–Crippen LogP) is 2.88. The zero-order valence-electron chi connectivity index (χ0n) is 11.2. The molecule has 1 heterocycles. The van der Waals surface area contributed by atoms with Crippen LogP contribution in [0.3, 0.4) is 0 Å². The van der Waals surface area contributed by atoms with Gasteiger partial charge < -0.3 is 9.64 Å². The lowest BCUT2D eigenvalue weighted by molar-refractivity contribution is -0.148. The fraction of sp³-hybridized carbons (Fsp3) is 0.643. The van der Waals surface area contributed by atoms with Crippen LogP contribution in [0.25, 0.3) is 0 Å². The van der Waals surface area contributed by atoms with Crippen LogP contribution in [-0.2, 0) is 9.53 Å². The molecule has 0 spiro atoms. The molecule has 0 aromatic carbocycles. The van der Waals surface area contributed by atoms with Gasteiger partial charge in [-0.25, -0.2) is 4.79 Å². The van der Waals surface area contributed by atoms with E-state index in [9.17, 15) is 4.79 Å². The van der Waals surface area contributed by atoms with E-state index in [-0.39, 0.29) is 5.97 Å². The third kappa shape index (κ3) is 5.07. The molecule has 3 heteroatoms. The van der Waals surface area contributed by atoms with Crippen LogP contribution in [0.5, 0.6) is 0 Å². The van der Waals surface area contributed by atoms with E-state index in [0.717, 1.165) is 31.6 Å². The molecule has 3 nitrogen and oxygen atoms in total. The van der Waals surface area contributed by atoms with Gasteiger partial charge in [-0.05, 0) is 40.0 Å². The molecule has 0 aliphatic carbocycles. The molecule has 0 aromatic heterocycles. The van der Waals surface area contributed by atoms with Gasteiger partial charge in [-0.3, -0.25) is 0 Å². The first-order valence-corrected chi connectivity index (χ1v) is 6.22. The van der Waals surface area contributed by atoms with Crippen molar-refractivity contribution in [1.29, 1.82) is 0 Å². The zero-order valence-corrected chi connectivity index (χ0v) is 11.2. The van der Waals surface area contributed by atoms with Crippen molar-refractivity contribution in [3.63, 3.8) is 0 Å². The molecule has 1 aliphatic heterocycles. The molecule has 0 saturated carbocycles. The van der Waals surface area contributed by atoms with Crippen LogP contribution >= 0.6 is 0 Å². The van der Waals surface area contributed by atoms with Crippen LogP contribution in [0.15, 0.2) is 24.4 Å². The summed E-state index contributed by atoms with van der Waals surface area (Å²) in [6, 6.07) is 0. The van der Waals surface area contributed by atoms with Gasteiger partial charge in [0.2, 0.25) is 0 Å². The van der Waals surface area contributed by atoms with Crippen molar-refractivity contribution in [1.82, 2.24) is 4.90 Å². The fourth-order valence-electron chi connectivity index (χ4n) is 1.91. The Morgan fingerprint density at radius 1 is 1.47 bits per heavy atom. The molecule has 0 amide bonds. The highest BCUT2D eigenvalue weighted by Gasteiger charge is 2.18. The number of esters is 1. The molecule has 0 atom stereocenters. The van der Waals surface area contributed by atoms with Gasteiger partial charge in [0.1, 0.15) is 5.60 Å². The Morgan fingerprint density at radius 3 is 2.76 bits per heavy atom. The van der Waals surface area contributed by atoms with E-state index < -0.39 is 5.60 Å². The number of carbonyl (C=O) groups is 1. The SMILES string of the molecule is C=CCN1CCCC/C1=C\C(=O)OC(C)(C)C. The summed E-state index contributed by atoms with van der Waals surface area (Å²) < 4.78 is 5.30. The topological polar surface area (TPSA) is 29.5 Å². The summed E-state index contributed by atoms with van der Waals surface area (Å²) in [6.45, 7) is 11.2. The minimum Gasteiger partial charge on any atom is -0.457 e. The summed E-state index contributed by atoms with van der Waals surface area (Å²) in [5.41, 5.74) is 0.650. The van der Waals surface area contributed by atoms with Crippen LogP contribution in [0.2, 0.25) is 0 Å². The van der Waals surface area contributed by atoms with Crippen molar-refractivity contribution in [3.05, 3.63) is 24.4 Å². The van der Waals surface area contributed by atoms with E-state index in [4.69, 9.17) is 4.74 Å². The van der Waals surface area contributed by atoms with E-state index in [1.165, 1.54) is 6.42 Å².